The Hall–Kier alpha value is 1.71. The van der Waals surface area contributed by atoms with Gasteiger partial charge in [0, 0.05) is 39.5 Å². The molecule has 2 N–H and O–H groups in total. The fourth-order valence-electron chi connectivity index (χ4n) is 1.43. The van der Waals surface area contributed by atoms with Crippen LogP contribution in [0, 0.1) is 0 Å². The van der Waals surface area contributed by atoms with Gasteiger partial charge in [-0.2, -0.15) is 0 Å². The minimum atomic E-state index is 0. The Labute approximate surface area is 216 Å². The van der Waals surface area contributed by atoms with Crippen molar-refractivity contribution in [2.24, 2.45) is 0 Å². The molecule has 0 atom stereocenters. The summed E-state index contributed by atoms with van der Waals surface area (Å²) >= 11 is 18.7. The third-order valence-corrected chi connectivity index (χ3v) is 3.33. The Bertz CT molecular complexity index is 273. The molecule has 0 spiro atoms. The zero-order valence-corrected chi connectivity index (χ0v) is 23.3. The smallest absolute Gasteiger partial charge is 0.412 e. The summed E-state index contributed by atoms with van der Waals surface area (Å²) in [5, 5.41) is 5.81. The largest absolute Gasteiger partial charge is 2.00 e. The molecular formula is C16H32BaN2O2S4. The van der Waals surface area contributed by atoms with Gasteiger partial charge in [0.25, 0.3) is 0 Å². The predicted octanol–water partition coefficient (Wildman–Crippen LogP) is 2.85. The van der Waals surface area contributed by atoms with E-state index in [2.05, 4.69) is 74.2 Å². The quantitative estimate of drug-likeness (QED) is 0.148. The molecule has 0 aliphatic carbocycles. The molecule has 0 aliphatic rings. The Balaban J connectivity index is -0.000000372. The van der Waals surface area contributed by atoms with E-state index >= 15 is 0 Å². The van der Waals surface area contributed by atoms with E-state index in [1.807, 2.05) is 0 Å². The van der Waals surface area contributed by atoms with E-state index in [9.17, 15) is 0 Å². The summed E-state index contributed by atoms with van der Waals surface area (Å²) in [5.41, 5.74) is 0. The molecule has 0 fully saturated rings. The SMILES string of the molecule is CCCCOCCCNC(=S)[S-].CCCCOCCCNC(=S)[S-].[Ba+2]. The molecule has 0 bridgehead atoms. The van der Waals surface area contributed by atoms with Gasteiger partial charge < -0.3 is 69.8 Å². The average molecular weight is 550 g/mol. The van der Waals surface area contributed by atoms with Crippen LogP contribution >= 0.6 is 24.4 Å². The minimum absolute atomic E-state index is 0. The van der Waals surface area contributed by atoms with Gasteiger partial charge in [0.2, 0.25) is 0 Å². The average Bonchev–Trinajstić information content (AvgIpc) is 2.53. The van der Waals surface area contributed by atoms with Gasteiger partial charge in [-0.15, -0.1) is 0 Å². The Morgan fingerprint density at radius 2 is 1.04 bits per heavy atom. The van der Waals surface area contributed by atoms with Crippen LogP contribution in [-0.4, -0.2) is 97.0 Å². The van der Waals surface area contributed by atoms with Gasteiger partial charge >= 0.3 is 48.9 Å². The van der Waals surface area contributed by atoms with Crippen LogP contribution in [0.4, 0.5) is 0 Å². The molecule has 0 unspecified atom stereocenters. The molecule has 144 valence electrons. The molecule has 0 aromatic heterocycles. The normalized spacial score (nSPS) is 9.36. The van der Waals surface area contributed by atoms with E-state index in [4.69, 9.17) is 9.47 Å². The van der Waals surface area contributed by atoms with E-state index in [-0.39, 0.29) is 48.9 Å². The van der Waals surface area contributed by atoms with Gasteiger partial charge in [-0.3, -0.25) is 0 Å². The Morgan fingerprint density at radius 1 is 0.720 bits per heavy atom. The van der Waals surface area contributed by atoms with Crippen LogP contribution in [0.5, 0.6) is 0 Å². The van der Waals surface area contributed by atoms with Gasteiger partial charge in [0.1, 0.15) is 0 Å². The van der Waals surface area contributed by atoms with E-state index in [0.717, 1.165) is 65.2 Å². The Morgan fingerprint density at radius 3 is 1.32 bits per heavy atom. The number of rotatable bonds is 14. The number of unbranched alkanes of at least 4 members (excludes halogenated alkanes) is 2. The fraction of sp³-hybridized carbons (Fsp3) is 0.875. The van der Waals surface area contributed by atoms with Crippen LogP contribution in [0.1, 0.15) is 52.4 Å². The molecular weight excluding hydrogens is 518 g/mol. The summed E-state index contributed by atoms with van der Waals surface area (Å²) < 4.78 is 11.6. The number of hydrogen-bond acceptors (Lipinski definition) is 6. The fourth-order valence-corrected chi connectivity index (χ4v) is 1.83. The van der Waals surface area contributed by atoms with Crippen molar-refractivity contribution in [2.45, 2.75) is 52.4 Å². The second-order valence-electron chi connectivity index (χ2n) is 5.07. The summed E-state index contributed by atoms with van der Waals surface area (Å²) in [6.07, 6.45) is 6.61. The summed E-state index contributed by atoms with van der Waals surface area (Å²) in [4.78, 5) is 0. The third kappa shape index (κ3) is 37.2. The van der Waals surface area contributed by atoms with Crippen LogP contribution in [0.15, 0.2) is 0 Å². The first-order valence-corrected chi connectivity index (χ1v) is 10.2. The predicted molar refractivity (Wildman–Crippen MR) is 122 cm³/mol. The number of nitrogens with one attached hydrogen (secondary N) is 2. The second kappa shape index (κ2) is 27.9. The molecule has 9 heteroatoms. The summed E-state index contributed by atoms with van der Waals surface area (Å²) in [6.45, 7) is 9.30. The van der Waals surface area contributed by atoms with Crippen molar-refractivity contribution in [2.75, 3.05) is 39.5 Å². The summed E-state index contributed by atoms with van der Waals surface area (Å²) in [7, 11) is 0. The summed E-state index contributed by atoms with van der Waals surface area (Å²) in [5.74, 6) is 0. The maximum atomic E-state index is 5.34. The topological polar surface area (TPSA) is 42.5 Å². The zero-order chi connectivity index (χ0) is 18.5. The second-order valence-corrected chi connectivity index (χ2v) is 7.22. The summed E-state index contributed by atoms with van der Waals surface area (Å²) in [6, 6.07) is 0. The molecule has 25 heavy (non-hydrogen) atoms. The van der Waals surface area contributed by atoms with Crippen LogP contribution < -0.4 is 10.6 Å². The first kappa shape index (κ1) is 31.4. The zero-order valence-electron chi connectivity index (χ0n) is 15.6. The number of ether oxygens (including phenoxy) is 2. The van der Waals surface area contributed by atoms with E-state index in [1.165, 1.54) is 12.8 Å². The van der Waals surface area contributed by atoms with E-state index < -0.39 is 0 Å². The first-order chi connectivity index (χ1) is 11.5. The van der Waals surface area contributed by atoms with Gasteiger partial charge in [-0.1, -0.05) is 35.3 Å². The van der Waals surface area contributed by atoms with E-state index in [1.54, 1.807) is 0 Å². The molecule has 4 nitrogen and oxygen atoms in total. The molecule has 0 radical (unpaired) electrons. The Kier molecular flexibility index (Phi) is 35.1. The van der Waals surface area contributed by atoms with Crippen LogP contribution in [0.2, 0.25) is 0 Å². The van der Waals surface area contributed by atoms with Crippen LogP contribution in [0.25, 0.3) is 0 Å². The molecule has 0 aromatic rings. The molecule has 0 heterocycles. The van der Waals surface area contributed by atoms with Crippen molar-refractivity contribution >= 4 is 107 Å². The van der Waals surface area contributed by atoms with Crippen molar-refractivity contribution in [3.05, 3.63) is 0 Å². The molecule has 0 rings (SSSR count). The van der Waals surface area contributed by atoms with Crippen molar-refractivity contribution < 1.29 is 9.47 Å². The van der Waals surface area contributed by atoms with Gasteiger partial charge in [-0.05, 0) is 25.7 Å². The molecule has 0 saturated heterocycles. The van der Waals surface area contributed by atoms with Crippen molar-refractivity contribution in [3.8, 4) is 0 Å². The van der Waals surface area contributed by atoms with Crippen molar-refractivity contribution in [1.82, 2.24) is 10.6 Å². The van der Waals surface area contributed by atoms with Gasteiger partial charge in [0.05, 0.1) is 0 Å². The van der Waals surface area contributed by atoms with Gasteiger partial charge in [0.15, 0.2) is 0 Å². The van der Waals surface area contributed by atoms with Crippen molar-refractivity contribution in [1.29, 1.82) is 0 Å². The maximum absolute atomic E-state index is 5.34. The van der Waals surface area contributed by atoms with Crippen LogP contribution in [0.3, 0.4) is 0 Å². The first-order valence-electron chi connectivity index (χ1n) is 8.59. The molecule has 0 aromatic carbocycles. The monoisotopic (exact) mass is 550 g/mol. The maximum Gasteiger partial charge on any atom is 2.00 e. The molecule has 0 saturated carbocycles. The standard InChI is InChI=1S/2C8H17NOS2.Ba/c2*1-2-3-6-10-7-4-5-9-8(11)12;/h2*2-7H2,1H3,(H2,9,11,12);/q;;+2/p-2. The molecule has 0 amide bonds. The third-order valence-electron chi connectivity index (χ3n) is 2.75. The number of hydrogen-bond donors (Lipinski definition) is 2. The molecule has 0 aliphatic heterocycles. The van der Waals surface area contributed by atoms with Crippen LogP contribution in [-0.2, 0) is 34.7 Å². The number of thiocarbonyl (C=S) groups is 2. The van der Waals surface area contributed by atoms with Crippen molar-refractivity contribution in [3.63, 3.8) is 0 Å². The van der Waals surface area contributed by atoms with E-state index in [0.29, 0.717) is 8.64 Å². The minimum Gasteiger partial charge on any atom is -0.412 e. The van der Waals surface area contributed by atoms with Gasteiger partial charge in [-0.25, -0.2) is 0 Å².